The van der Waals surface area contributed by atoms with Crippen LogP contribution in [0.15, 0.2) is 16.6 Å². The molecule has 0 radical (unpaired) electrons. The Bertz CT molecular complexity index is 325. The molecule has 0 aliphatic rings. The van der Waals surface area contributed by atoms with Gasteiger partial charge in [-0.05, 0) is 49.1 Å². The van der Waals surface area contributed by atoms with Gasteiger partial charge in [0.05, 0.1) is 0 Å². The van der Waals surface area contributed by atoms with Crippen molar-refractivity contribution in [3.05, 3.63) is 33.5 Å². The Labute approximate surface area is 92.6 Å². The van der Waals surface area contributed by atoms with Crippen molar-refractivity contribution in [3.8, 4) is 0 Å². The van der Waals surface area contributed by atoms with Gasteiger partial charge in [-0.3, -0.25) is 0 Å². The zero-order valence-electron chi connectivity index (χ0n) is 8.48. The van der Waals surface area contributed by atoms with E-state index in [1.54, 1.807) is 6.07 Å². The summed E-state index contributed by atoms with van der Waals surface area (Å²) in [7, 11) is 0. The fraction of sp³-hybridized carbons (Fsp3) is 0.455. The van der Waals surface area contributed by atoms with E-state index in [2.05, 4.69) is 15.9 Å². The third kappa shape index (κ3) is 2.55. The summed E-state index contributed by atoms with van der Waals surface area (Å²) < 4.78 is 14.5. The van der Waals surface area contributed by atoms with Crippen LogP contribution < -0.4 is 5.73 Å². The van der Waals surface area contributed by atoms with Crippen molar-refractivity contribution in [3.63, 3.8) is 0 Å². The molecular weight excluding hydrogens is 245 g/mol. The highest BCUT2D eigenvalue weighted by Gasteiger charge is 2.11. The van der Waals surface area contributed by atoms with Crippen molar-refractivity contribution in [2.75, 3.05) is 6.54 Å². The molecule has 0 bridgehead atoms. The summed E-state index contributed by atoms with van der Waals surface area (Å²) >= 11 is 3.40. The van der Waals surface area contributed by atoms with E-state index < -0.39 is 0 Å². The van der Waals surface area contributed by atoms with Gasteiger partial charge in [-0.15, -0.1) is 0 Å². The monoisotopic (exact) mass is 259 g/mol. The van der Waals surface area contributed by atoms with Gasteiger partial charge in [0, 0.05) is 4.47 Å². The molecule has 1 atom stereocenters. The largest absolute Gasteiger partial charge is 0.330 e. The first-order valence-electron chi connectivity index (χ1n) is 4.72. The average molecular weight is 260 g/mol. The van der Waals surface area contributed by atoms with Gasteiger partial charge < -0.3 is 5.73 Å². The zero-order valence-corrected chi connectivity index (χ0v) is 10.1. The van der Waals surface area contributed by atoms with Crippen molar-refractivity contribution in [2.45, 2.75) is 26.2 Å². The molecule has 2 N–H and O–H groups in total. The molecule has 0 fully saturated rings. The molecule has 78 valence electrons. The fourth-order valence-corrected chi connectivity index (χ4v) is 1.81. The molecule has 0 saturated heterocycles. The van der Waals surface area contributed by atoms with Crippen LogP contribution in [0.25, 0.3) is 0 Å². The van der Waals surface area contributed by atoms with E-state index in [4.69, 9.17) is 5.73 Å². The molecule has 0 heterocycles. The normalized spacial score (nSPS) is 12.9. The van der Waals surface area contributed by atoms with E-state index in [1.807, 2.05) is 19.9 Å². The van der Waals surface area contributed by atoms with Crippen LogP contribution >= 0.6 is 15.9 Å². The molecule has 0 aromatic heterocycles. The summed E-state index contributed by atoms with van der Waals surface area (Å²) in [5.74, 6) is 0.0450. The van der Waals surface area contributed by atoms with E-state index >= 15 is 0 Å². The Balaban J connectivity index is 3.02. The molecule has 0 spiro atoms. The van der Waals surface area contributed by atoms with Crippen molar-refractivity contribution in [1.82, 2.24) is 0 Å². The Morgan fingerprint density at radius 3 is 2.71 bits per heavy atom. The molecule has 0 aliphatic heterocycles. The summed E-state index contributed by atoms with van der Waals surface area (Å²) in [6.07, 6.45) is 0.812. The Morgan fingerprint density at radius 2 is 2.14 bits per heavy atom. The van der Waals surface area contributed by atoms with Crippen molar-refractivity contribution >= 4 is 15.9 Å². The van der Waals surface area contributed by atoms with E-state index in [0.29, 0.717) is 6.54 Å². The van der Waals surface area contributed by atoms with Crippen LogP contribution in [0.4, 0.5) is 4.39 Å². The van der Waals surface area contributed by atoms with Crippen molar-refractivity contribution < 1.29 is 4.39 Å². The van der Waals surface area contributed by atoms with E-state index in [-0.39, 0.29) is 11.7 Å². The minimum Gasteiger partial charge on any atom is -0.330 e. The van der Waals surface area contributed by atoms with Crippen LogP contribution in [-0.2, 0) is 0 Å². The minimum atomic E-state index is -0.133. The lowest BCUT2D eigenvalue weighted by Gasteiger charge is -2.13. The van der Waals surface area contributed by atoms with Gasteiger partial charge in [-0.25, -0.2) is 4.39 Å². The van der Waals surface area contributed by atoms with Crippen LogP contribution in [0.2, 0.25) is 0 Å². The number of aryl methyl sites for hydroxylation is 1. The van der Waals surface area contributed by atoms with E-state index in [1.165, 1.54) is 0 Å². The molecule has 0 aliphatic carbocycles. The molecule has 1 unspecified atom stereocenters. The molecule has 1 nitrogen and oxygen atoms in total. The van der Waals surface area contributed by atoms with Crippen LogP contribution in [-0.4, -0.2) is 6.54 Å². The van der Waals surface area contributed by atoms with E-state index in [9.17, 15) is 4.39 Å². The second-order valence-corrected chi connectivity index (χ2v) is 4.46. The summed E-state index contributed by atoms with van der Waals surface area (Å²) in [5.41, 5.74) is 7.12. The first-order chi connectivity index (χ1) is 6.56. The summed E-state index contributed by atoms with van der Waals surface area (Å²) in [6, 6.07) is 3.41. The molecule has 1 rings (SSSR count). The maximum atomic E-state index is 13.5. The first-order valence-corrected chi connectivity index (χ1v) is 5.51. The van der Waals surface area contributed by atoms with Gasteiger partial charge in [0.2, 0.25) is 0 Å². The smallest absolute Gasteiger partial charge is 0.127 e. The lowest BCUT2D eigenvalue weighted by Crippen LogP contribution is -2.06. The molecule has 14 heavy (non-hydrogen) atoms. The fourth-order valence-electron chi connectivity index (χ4n) is 1.44. The highest BCUT2D eigenvalue weighted by atomic mass is 79.9. The third-order valence-electron chi connectivity index (χ3n) is 2.41. The number of hydrogen-bond donors (Lipinski definition) is 1. The Hall–Kier alpha value is -0.410. The second kappa shape index (κ2) is 4.89. The van der Waals surface area contributed by atoms with Gasteiger partial charge in [-0.1, -0.05) is 22.9 Å². The van der Waals surface area contributed by atoms with Crippen molar-refractivity contribution in [1.29, 1.82) is 0 Å². The van der Waals surface area contributed by atoms with Crippen LogP contribution in [0.3, 0.4) is 0 Å². The van der Waals surface area contributed by atoms with E-state index in [0.717, 1.165) is 22.0 Å². The topological polar surface area (TPSA) is 26.0 Å². The maximum Gasteiger partial charge on any atom is 0.127 e. The predicted octanol–water partition coefficient (Wildman–Crippen LogP) is 3.35. The molecule has 0 amide bonds. The number of nitrogens with two attached hydrogens (primary N) is 1. The van der Waals surface area contributed by atoms with Gasteiger partial charge in [0.25, 0.3) is 0 Å². The molecule has 3 heteroatoms. The first kappa shape index (κ1) is 11.7. The number of halogens is 2. The van der Waals surface area contributed by atoms with Gasteiger partial charge in [0.15, 0.2) is 0 Å². The minimum absolute atomic E-state index is 0.133. The lowest BCUT2D eigenvalue weighted by molar-refractivity contribution is 0.575. The second-order valence-electron chi connectivity index (χ2n) is 3.60. The lowest BCUT2D eigenvalue weighted by atomic mass is 9.96. The molecule has 1 aromatic carbocycles. The van der Waals surface area contributed by atoms with Gasteiger partial charge >= 0.3 is 0 Å². The zero-order chi connectivity index (χ0) is 10.7. The average Bonchev–Trinajstić information content (AvgIpc) is 2.11. The third-order valence-corrected chi connectivity index (χ3v) is 3.26. The highest BCUT2D eigenvalue weighted by molar-refractivity contribution is 9.10. The maximum absolute atomic E-state index is 13.5. The number of benzene rings is 1. The summed E-state index contributed by atoms with van der Waals surface area (Å²) in [4.78, 5) is 0. The summed E-state index contributed by atoms with van der Waals surface area (Å²) in [5, 5.41) is 0. The van der Waals surface area contributed by atoms with Gasteiger partial charge in [-0.2, -0.15) is 0 Å². The highest BCUT2D eigenvalue weighted by Crippen LogP contribution is 2.27. The summed E-state index contributed by atoms with van der Waals surface area (Å²) in [6.45, 7) is 4.46. The van der Waals surface area contributed by atoms with Crippen LogP contribution in [0.5, 0.6) is 0 Å². The van der Waals surface area contributed by atoms with Crippen LogP contribution in [0, 0.1) is 12.7 Å². The number of rotatable bonds is 3. The standard InChI is InChI=1S/C11H15BrFN/c1-7(3-4-14)9-6-10(12)8(2)5-11(9)13/h5-7H,3-4,14H2,1-2H3. The molecule has 1 aromatic rings. The SMILES string of the molecule is Cc1cc(F)c(C(C)CCN)cc1Br. The van der Waals surface area contributed by atoms with Gasteiger partial charge in [0.1, 0.15) is 5.82 Å². The van der Waals surface area contributed by atoms with Crippen LogP contribution in [0.1, 0.15) is 30.4 Å². The Kier molecular flexibility index (Phi) is 4.08. The number of hydrogen-bond acceptors (Lipinski definition) is 1. The van der Waals surface area contributed by atoms with Crippen molar-refractivity contribution in [2.24, 2.45) is 5.73 Å². The quantitative estimate of drug-likeness (QED) is 0.886. The molecule has 0 saturated carbocycles. The molecular formula is C11H15BrFN. The predicted molar refractivity (Wildman–Crippen MR) is 60.9 cm³/mol. The Morgan fingerprint density at radius 1 is 1.50 bits per heavy atom.